The topological polar surface area (TPSA) is 68.0 Å². The van der Waals surface area contributed by atoms with Crippen molar-refractivity contribution in [2.75, 3.05) is 0 Å². The third-order valence-electron chi connectivity index (χ3n) is 2.51. The van der Waals surface area contributed by atoms with Gasteiger partial charge in [0.15, 0.2) is 0 Å². The fourth-order valence-electron chi connectivity index (χ4n) is 1.50. The van der Waals surface area contributed by atoms with Crippen LogP contribution in [0.3, 0.4) is 0 Å². The molecule has 0 radical (unpaired) electrons. The number of hydrogen-bond acceptors (Lipinski definition) is 3. The van der Waals surface area contributed by atoms with Crippen LogP contribution in [0.25, 0.3) is 11.3 Å². The Morgan fingerprint density at radius 1 is 1.39 bits per heavy atom. The lowest BCUT2D eigenvalue weighted by Crippen LogP contribution is -2.17. The van der Waals surface area contributed by atoms with Gasteiger partial charge in [0.2, 0.25) is 0 Å². The lowest BCUT2D eigenvalue weighted by atomic mass is 10.1. The number of halogens is 2. The molecule has 0 saturated heterocycles. The summed E-state index contributed by atoms with van der Waals surface area (Å²) in [4.78, 5) is 11.0. The molecule has 1 unspecified atom stereocenters. The largest absolute Gasteiger partial charge is 0.480 e. The summed E-state index contributed by atoms with van der Waals surface area (Å²) in [5.41, 5.74) is 1.28. The van der Waals surface area contributed by atoms with Gasteiger partial charge in [0.05, 0.1) is 21.9 Å². The van der Waals surface area contributed by atoms with E-state index in [1.165, 1.54) is 17.8 Å². The maximum Gasteiger partial charge on any atom is 0.328 e. The Kier molecular flexibility index (Phi) is 3.54. The van der Waals surface area contributed by atoms with Crippen molar-refractivity contribution >= 4 is 29.2 Å². The van der Waals surface area contributed by atoms with E-state index in [9.17, 15) is 4.79 Å². The Morgan fingerprint density at radius 3 is 2.72 bits per heavy atom. The van der Waals surface area contributed by atoms with E-state index in [0.717, 1.165) is 0 Å². The molecule has 0 aliphatic carbocycles. The van der Waals surface area contributed by atoms with Crippen molar-refractivity contribution in [3.05, 3.63) is 34.4 Å². The number of carboxylic acids is 1. The molecule has 1 aromatic heterocycles. The highest BCUT2D eigenvalue weighted by molar-refractivity contribution is 6.42. The molecule has 0 aliphatic rings. The molecular formula is C11H9Cl2N3O2. The highest BCUT2D eigenvalue weighted by atomic mass is 35.5. The zero-order chi connectivity index (χ0) is 13.3. The second-order valence-corrected chi connectivity index (χ2v) is 4.52. The minimum absolute atomic E-state index is 0.393. The summed E-state index contributed by atoms with van der Waals surface area (Å²) in [5.74, 6) is -0.984. The molecule has 1 atom stereocenters. The van der Waals surface area contributed by atoms with Gasteiger partial charge in [0.1, 0.15) is 6.04 Å². The lowest BCUT2D eigenvalue weighted by Gasteiger charge is -2.10. The van der Waals surface area contributed by atoms with Crippen molar-refractivity contribution < 1.29 is 9.90 Å². The molecule has 1 heterocycles. The van der Waals surface area contributed by atoms with Gasteiger partial charge >= 0.3 is 5.97 Å². The average Bonchev–Trinajstić information content (AvgIpc) is 2.80. The third kappa shape index (κ3) is 2.32. The van der Waals surface area contributed by atoms with Crippen LogP contribution in [0, 0.1) is 0 Å². The molecule has 2 rings (SSSR count). The molecule has 0 saturated carbocycles. The average molecular weight is 286 g/mol. The Labute approximate surface area is 113 Å². The van der Waals surface area contributed by atoms with Crippen LogP contribution in [0.2, 0.25) is 10.0 Å². The lowest BCUT2D eigenvalue weighted by molar-refractivity contribution is -0.140. The molecule has 5 nitrogen and oxygen atoms in total. The predicted octanol–water partition coefficient (Wildman–Crippen LogP) is 2.90. The molecule has 2 aromatic rings. The van der Waals surface area contributed by atoms with E-state index in [0.29, 0.717) is 21.3 Å². The first-order valence-electron chi connectivity index (χ1n) is 5.09. The SMILES string of the molecule is CC(C(=O)O)n1nncc1-c1ccc(Cl)c(Cl)c1. The van der Waals surface area contributed by atoms with Crippen LogP contribution < -0.4 is 0 Å². The Morgan fingerprint density at radius 2 is 2.11 bits per heavy atom. The number of aliphatic carboxylic acids is 1. The second kappa shape index (κ2) is 4.96. The molecule has 0 fully saturated rings. The molecule has 0 aliphatic heterocycles. The maximum absolute atomic E-state index is 11.0. The van der Waals surface area contributed by atoms with E-state index in [1.807, 2.05) is 0 Å². The van der Waals surface area contributed by atoms with Crippen molar-refractivity contribution in [3.8, 4) is 11.3 Å². The van der Waals surface area contributed by atoms with Gasteiger partial charge in [-0.25, -0.2) is 9.48 Å². The maximum atomic E-state index is 11.0. The van der Waals surface area contributed by atoms with E-state index >= 15 is 0 Å². The van der Waals surface area contributed by atoms with E-state index in [2.05, 4.69) is 10.3 Å². The van der Waals surface area contributed by atoms with Crippen molar-refractivity contribution in [1.82, 2.24) is 15.0 Å². The molecule has 1 N–H and O–H groups in total. The number of rotatable bonds is 3. The summed E-state index contributed by atoms with van der Waals surface area (Å²) >= 11 is 11.8. The monoisotopic (exact) mass is 285 g/mol. The zero-order valence-corrected chi connectivity index (χ0v) is 10.9. The van der Waals surface area contributed by atoms with E-state index in [1.54, 1.807) is 18.2 Å². The number of carbonyl (C=O) groups is 1. The van der Waals surface area contributed by atoms with Crippen LogP contribution in [0.1, 0.15) is 13.0 Å². The normalized spacial score (nSPS) is 12.4. The second-order valence-electron chi connectivity index (χ2n) is 3.71. The number of nitrogens with zero attached hydrogens (tertiary/aromatic N) is 3. The molecule has 7 heteroatoms. The first-order valence-corrected chi connectivity index (χ1v) is 5.84. The highest BCUT2D eigenvalue weighted by Crippen LogP contribution is 2.29. The summed E-state index contributed by atoms with van der Waals surface area (Å²) in [6, 6.07) is 4.21. The van der Waals surface area contributed by atoms with Crippen molar-refractivity contribution in [2.45, 2.75) is 13.0 Å². The van der Waals surface area contributed by atoms with Gasteiger partial charge in [0, 0.05) is 5.56 Å². The van der Waals surface area contributed by atoms with E-state index < -0.39 is 12.0 Å². The Bertz CT molecular complexity index is 598. The van der Waals surface area contributed by atoms with Gasteiger partial charge in [-0.3, -0.25) is 0 Å². The standard InChI is InChI=1S/C11H9Cl2N3O2/c1-6(11(17)18)16-10(5-14-15-16)7-2-3-8(12)9(13)4-7/h2-6H,1H3,(H,17,18). The van der Waals surface area contributed by atoms with Crippen LogP contribution in [0.4, 0.5) is 0 Å². The van der Waals surface area contributed by atoms with Gasteiger partial charge < -0.3 is 5.11 Å². The molecule has 0 bridgehead atoms. The summed E-state index contributed by atoms with van der Waals surface area (Å²) in [6.45, 7) is 1.53. The Balaban J connectivity index is 2.48. The van der Waals surface area contributed by atoms with Gasteiger partial charge in [-0.05, 0) is 19.1 Å². The van der Waals surface area contributed by atoms with Gasteiger partial charge in [0.25, 0.3) is 0 Å². The van der Waals surface area contributed by atoms with Gasteiger partial charge in [-0.1, -0.05) is 34.5 Å². The summed E-state index contributed by atoms with van der Waals surface area (Å²) in [5, 5.41) is 17.3. The fraction of sp³-hybridized carbons (Fsp3) is 0.182. The summed E-state index contributed by atoms with van der Waals surface area (Å²) in [6.07, 6.45) is 1.49. The summed E-state index contributed by atoms with van der Waals surface area (Å²) < 4.78 is 1.32. The van der Waals surface area contributed by atoms with Crippen molar-refractivity contribution in [3.63, 3.8) is 0 Å². The molecule has 0 amide bonds. The number of benzene rings is 1. The third-order valence-corrected chi connectivity index (χ3v) is 3.25. The predicted molar refractivity (Wildman–Crippen MR) is 67.8 cm³/mol. The van der Waals surface area contributed by atoms with Crippen LogP contribution in [-0.4, -0.2) is 26.1 Å². The first-order chi connectivity index (χ1) is 8.50. The van der Waals surface area contributed by atoms with Crippen molar-refractivity contribution in [1.29, 1.82) is 0 Å². The van der Waals surface area contributed by atoms with Crippen molar-refractivity contribution in [2.24, 2.45) is 0 Å². The molecule has 94 valence electrons. The quantitative estimate of drug-likeness (QED) is 0.942. The first kappa shape index (κ1) is 12.9. The minimum Gasteiger partial charge on any atom is -0.480 e. The van der Waals surface area contributed by atoms with Crippen LogP contribution in [0.15, 0.2) is 24.4 Å². The number of carboxylic acid groups (broad SMARTS) is 1. The minimum atomic E-state index is -0.984. The van der Waals surface area contributed by atoms with E-state index in [4.69, 9.17) is 28.3 Å². The van der Waals surface area contributed by atoms with Gasteiger partial charge in [-0.15, -0.1) is 5.10 Å². The molecular weight excluding hydrogens is 277 g/mol. The highest BCUT2D eigenvalue weighted by Gasteiger charge is 2.19. The van der Waals surface area contributed by atoms with Crippen LogP contribution in [-0.2, 0) is 4.79 Å². The van der Waals surface area contributed by atoms with Crippen LogP contribution in [0.5, 0.6) is 0 Å². The fourth-order valence-corrected chi connectivity index (χ4v) is 1.79. The molecule has 0 spiro atoms. The molecule has 18 heavy (non-hydrogen) atoms. The smallest absolute Gasteiger partial charge is 0.328 e. The van der Waals surface area contributed by atoms with E-state index in [-0.39, 0.29) is 0 Å². The summed E-state index contributed by atoms with van der Waals surface area (Å²) in [7, 11) is 0. The number of hydrogen-bond donors (Lipinski definition) is 1. The molecule has 1 aromatic carbocycles. The van der Waals surface area contributed by atoms with Gasteiger partial charge in [-0.2, -0.15) is 0 Å². The number of aromatic nitrogens is 3. The zero-order valence-electron chi connectivity index (χ0n) is 9.34. The van der Waals surface area contributed by atoms with Crippen LogP contribution >= 0.6 is 23.2 Å². The Hall–Kier alpha value is -1.59.